The monoisotopic (exact) mass is 346 g/mol. The molecule has 0 bridgehead atoms. The van der Waals surface area contributed by atoms with E-state index in [9.17, 15) is 0 Å². The van der Waals surface area contributed by atoms with Crippen LogP contribution in [0.1, 0.15) is 129 Å². The fourth-order valence-electron chi connectivity index (χ4n) is 7.02. The van der Waals surface area contributed by atoms with E-state index < -0.39 is 0 Å². The third-order valence-electron chi connectivity index (χ3n) is 8.33. The van der Waals surface area contributed by atoms with Crippen molar-refractivity contribution in [3.05, 3.63) is 0 Å². The zero-order valence-corrected chi connectivity index (χ0v) is 17.3. The van der Waals surface area contributed by atoms with Crippen molar-refractivity contribution >= 4 is 0 Å². The van der Waals surface area contributed by atoms with Crippen molar-refractivity contribution in [3.8, 4) is 0 Å². The number of hydrogen-bond acceptors (Lipinski definition) is 0. The Morgan fingerprint density at radius 1 is 0.520 bits per heavy atom. The first kappa shape index (κ1) is 19.8. The van der Waals surface area contributed by atoms with Gasteiger partial charge in [0.1, 0.15) is 0 Å². The van der Waals surface area contributed by atoms with E-state index in [-0.39, 0.29) is 0 Å². The fraction of sp³-hybridized carbons (Fsp3) is 1.00. The molecule has 0 aromatic carbocycles. The standard InChI is InChI=1S/C25H46/c1-2-3-4-5-6-7-8-9-10-14-21-16-13-18-25-23-17-12-11-15-22(23)19-20-24(21)25/h21-25H,2-20H2,1H3. The van der Waals surface area contributed by atoms with Crippen LogP contribution >= 0.6 is 0 Å². The molecule has 0 amide bonds. The maximum absolute atomic E-state index is 2.32. The van der Waals surface area contributed by atoms with Crippen LogP contribution in [0, 0.1) is 29.6 Å². The zero-order chi connectivity index (χ0) is 17.3. The number of unbranched alkanes of at least 4 members (excludes halogenated alkanes) is 8. The quantitative estimate of drug-likeness (QED) is 0.348. The van der Waals surface area contributed by atoms with Crippen LogP contribution < -0.4 is 0 Å². The Hall–Kier alpha value is 0. The van der Waals surface area contributed by atoms with Gasteiger partial charge < -0.3 is 0 Å². The van der Waals surface area contributed by atoms with Crippen LogP contribution in [0.3, 0.4) is 0 Å². The molecule has 0 N–H and O–H groups in total. The summed E-state index contributed by atoms with van der Waals surface area (Å²) in [5, 5.41) is 0. The topological polar surface area (TPSA) is 0 Å². The van der Waals surface area contributed by atoms with Gasteiger partial charge in [0.2, 0.25) is 0 Å². The van der Waals surface area contributed by atoms with Crippen molar-refractivity contribution < 1.29 is 0 Å². The van der Waals surface area contributed by atoms with Crippen molar-refractivity contribution in [2.75, 3.05) is 0 Å². The maximum atomic E-state index is 2.32. The van der Waals surface area contributed by atoms with Crippen molar-refractivity contribution in [1.29, 1.82) is 0 Å². The Morgan fingerprint density at radius 2 is 1.20 bits per heavy atom. The minimum atomic E-state index is 1.12. The van der Waals surface area contributed by atoms with Crippen LogP contribution in [0.4, 0.5) is 0 Å². The Kier molecular flexibility index (Phi) is 8.68. The predicted octanol–water partition coefficient (Wildman–Crippen LogP) is 8.54. The molecule has 3 aliphatic carbocycles. The molecule has 5 unspecified atom stereocenters. The average Bonchev–Trinajstić information content (AvgIpc) is 2.66. The summed E-state index contributed by atoms with van der Waals surface area (Å²) in [5.74, 6) is 5.70. The van der Waals surface area contributed by atoms with Gasteiger partial charge in [-0.2, -0.15) is 0 Å². The minimum absolute atomic E-state index is 1.12. The summed E-state index contributed by atoms with van der Waals surface area (Å²) in [6.45, 7) is 2.32. The second kappa shape index (κ2) is 11.0. The zero-order valence-electron chi connectivity index (χ0n) is 17.3. The summed E-state index contributed by atoms with van der Waals surface area (Å²) in [6.07, 6.45) is 29.2. The lowest BCUT2D eigenvalue weighted by molar-refractivity contribution is -0.00637. The van der Waals surface area contributed by atoms with Crippen molar-refractivity contribution in [2.24, 2.45) is 29.6 Å². The molecule has 0 radical (unpaired) electrons. The van der Waals surface area contributed by atoms with Crippen LogP contribution in [-0.4, -0.2) is 0 Å². The number of rotatable bonds is 10. The SMILES string of the molecule is CCCCCCCCCCCC1CCCC2C3CCCCC3CCC12. The van der Waals surface area contributed by atoms with E-state index in [1.165, 1.54) is 57.8 Å². The van der Waals surface area contributed by atoms with Gasteiger partial charge >= 0.3 is 0 Å². The average molecular weight is 347 g/mol. The van der Waals surface area contributed by atoms with E-state index in [1.807, 2.05) is 0 Å². The number of hydrogen-bond donors (Lipinski definition) is 0. The summed E-state index contributed by atoms with van der Waals surface area (Å²) in [7, 11) is 0. The van der Waals surface area contributed by atoms with Gasteiger partial charge in [0, 0.05) is 0 Å². The van der Waals surface area contributed by atoms with Gasteiger partial charge in [0.15, 0.2) is 0 Å². The van der Waals surface area contributed by atoms with Gasteiger partial charge in [0.05, 0.1) is 0 Å². The van der Waals surface area contributed by atoms with Gasteiger partial charge in [0.25, 0.3) is 0 Å². The summed E-state index contributed by atoms with van der Waals surface area (Å²) in [5.41, 5.74) is 0. The summed E-state index contributed by atoms with van der Waals surface area (Å²) in [4.78, 5) is 0. The molecule has 0 aromatic heterocycles. The van der Waals surface area contributed by atoms with Crippen LogP contribution in [0.2, 0.25) is 0 Å². The first-order valence-corrected chi connectivity index (χ1v) is 12.4. The van der Waals surface area contributed by atoms with E-state index in [1.54, 1.807) is 64.2 Å². The number of fused-ring (bicyclic) bond motifs is 3. The highest BCUT2D eigenvalue weighted by molar-refractivity contribution is 4.94. The molecule has 3 saturated carbocycles. The van der Waals surface area contributed by atoms with Crippen molar-refractivity contribution in [1.82, 2.24) is 0 Å². The molecular formula is C25H46. The lowest BCUT2D eigenvalue weighted by Gasteiger charge is -2.51. The highest BCUT2D eigenvalue weighted by Crippen LogP contribution is 2.53. The smallest absolute Gasteiger partial charge is 0.0352 e. The highest BCUT2D eigenvalue weighted by atomic mass is 14.5. The van der Waals surface area contributed by atoms with Gasteiger partial charge in [-0.3, -0.25) is 0 Å². The second-order valence-corrected chi connectivity index (χ2v) is 9.92. The molecule has 5 atom stereocenters. The van der Waals surface area contributed by atoms with Crippen LogP contribution in [0.15, 0.2) is 0 Å². The van der Waals surface area contributed by atoms with Gasteiger partial charge in [-0.1, -0.05) is 103 Å². The van der Waals surface area contributed by atoms with E-state index in [2.05, 4.69) is 6.92 Å². The third-order valence-corrected chi connectivity index (χ3v) is 8.33. The van der Waals surface area contributed by atoms with E-state index in [0.29, 0.717) is 0 Å². The summed E-state index contributed by atoms with van der Waals surface area (Å²) in [6, 6.07) is 0. The summed E-state index contributed by atoms with van der Waals surface area (Å²) < 4.78 is 0. The fourth-order valence-corrected chi connectivity index (χ4v) is 7.02. The normalized spacial score (nSPS) is 35.2. The molecule has 3 fully saturated rings. The molecule has 3 rings (SSSR count). The van der Waals surface area contributed by atoms with Crippen LogP contribution in [-0.2, 0) is 0 Å². The molecule has 0 aromatic rings. The lowest BCUT2D eigenvalue weighted by Crippen LogP contribution is -2.41. The van der Waals surface area contributed by atoms with Crippen LogP contribution in [0.25, 0.3) is 0 Å². The minimum Gasteiger partial charge on any atom is -0.0654 e. The first-order chi connectivity index (χ1) is 12.4. The third kappa shape index (κ3) is 5.74. The highest BCUT2D eigenvalue weighted by Gasteiger charge is 2.44. The van der Waals surface area contributed by atoms with Gasteiger partial charge in [-0.05, 0) is 55.3 Å². The Labute approximate surface area is 158 Å². The molecule has 0 heteroatoms. The molecule has 3 aliphatic rings. The molecule has 0 nitrogen and oxygen atoms in total. The second-order valence-electron chi connectivity index (χ2n) is 9.92. The summed E-state index contributed by atoms with van der Waals surface area (Å²) >= 11 is 0. The molecule has 25 heavy (non-hydrogen) atoms. The Morgan fingerprint density at radius 3 is 2.00 bits per heavy atom. The molecule has 146 valence electrons. The maximum Gasteiger partial charge on any atom is -0.0352 e. The van der Waals surface area contributed by atoms with Crippen molar-refractivity contribution in [3.63, 3.8) is 0 Å². The van der Waals surface area contributed by atoms with Gasteiger partial charge in [-0.25, -0.2) is 0 Å². The largest absolute Gasteiger partial charge is 0.0654 e. The van der Waals surface area contributed by atoms with Gasteiger partial charge in [-0.15, -0.1) is 0 Å². The first-order valence-electron chi connectivity index (χ1n) is 12.4. The molecule has 0 spiro atoms. The van der Waals surface area contributed by atoms with Crippen molar-refractivity contribution in [2.45, 2.75) is 129 Å². The van der Waals surface area contributed by atoms with E-state index in [0.717, 1.165) is 29.6 Å². The van der Waals surface area contributed by atoms with Crippen LogP contribution in [0.5, 0.6) is 0 Å². The Bertz CT molecular complexity index is 346. The molecule has 0 saturated heterocycles. The predicted molar refractivity (Wildman–Crippen MR) is 111 cm³/mol. The Balaban J connectivity index is 1.31. The molecular weight excluding hydrogens is 300 g/mol. The molecule has 0 heterocycles. The van der Waals surface area contributed by atoms with E-state index in [4.69, 9.17) is 0 Å². The van der Waals surface area contributed by atoms with E-state index >= 15 is 0 Å². The lowest BCUT2D eigenvalue weighted by atomic mass is 9.55. The molecule has 0 aliphatic heterocycles.